The SMILES string of the molecule is N#Cc1ccc(Oc2ccc(CCO)cc2)cc1Cl. The summed E-state index contributed by atoms with van der Waals surface area (Å²) in [6.07, 6.45) is 0.628. The predicted octanol–water partition coefficient (Wildman–Crippen LogP) is 3.54. The fraction of sp³-hybridized carbons (Fsp3) is 0.133. The highest BCUT2D eigenvalue weighted by molar-refractivity contribution is 6.31. The Hall–Kier alpha value is -2.02. The van der Waals surface area contributed by atoms with E-state index in [1.165, 1.54) is 0 Å². The highest BCUT2D eigenvalue weighted by Gasteiger charge is 2.03. The van der Waals surface area contributed by atoms with Gasteiger partial charge in [0.15, 0.2) is 0 Å². The standard InChI is InChI=1S/C15H12ClNO2/c16-15-9-14(6-3-12(15)10-17)19-13-4-1-11(2-5-13)7-8-18/h1-6,9,18H,7-8H2. The molecule has 2 aromatic carbocycles. The molecule has 0 saturated heterocycles. The Balaban J connectivity index is 2.13. The molecule has 0 unspecified atom stereocenters. The second-order valence-corrected chi connectivity index (χ2v) is 4.38. The van der Waals surface area contributed by atoms with Crippen LogP contribution in [0.5, 0.6) is 11.5 Å². The molecule has 2 rings (SSSR count). The molecule has 0 aromatic heterocycles. The van der Waals surface area contributed by atoms with Crippen LogP contribution >= 0.6 is 11.6 Å². The highest BCUT2D eigenvalue weighted by Crippen LogP contribution is 2.26. The Labute approximate surface area is 116 Å². The molecular formula is C15H12ClNO2. The zero-order valence-electron chi connectivity index (χ0n) is 10.1. The number of aliphatic hydroxyl groups is 1. The molecule has 3 nitrogen and oxygen atoms in total. The van der Waals surface area contributed by atoms with Crippen LogP contribution in [0.4, 0.5) is 0 Å². The lowest BCUT2D eigenvalue weighted by molar-refractivity contribution is 0.299. The van der Waals surface area contributed by atoms with E-state index in [9.17, 15) is 0 Å². The van der Waals surface area contributed by atoms with Gasteiger partial charge in [-0.2, -0.15) is 5.26 Å². The summed E-state index contributed by atoms with van der Waals surface area (Å²) in [6.45, 7) is 0.130. The summed E-state index contributed by atoms with van der Waals surface area (Å²) in [5.74, 6) is 1.27. The summed E-state index contributed by atoms with van der Waals surface area (Å²) in [4.78, 5) is 0. The highest BCUT2D eigenvalue weighted by atomic mass is 35.5. The maximum Gasteiger partial charge on any atom is 0.129 e. The van der Waals surface area contributed by atoms with Gasteiger partial charge >= 0.3 is 0 Å². The number of ether oxygens (including phenoxy) is 1. The summed E-state index contributed by atoms with van der Waals surface area (Å²) >= 11 is 5.93. The van der Waals surface area contributed by atoms with E-state index in [1.807, 2.05) is 30.3 Å². The third kappa shape index (κ3) is 3.47. The third-order valence-corrected chi connectivity index (χ3v) is 2.93. The van der Waals surface area contributed by atoms with Crippen molar-refractivity contribution in [1.29, 1.82) is 5.26 Å². The topological polar surface area (TPSA) is 53.2 Å². The summed E-state index contributed by atoms with van der Waals surface area (Å²) < 4.78 is 5.64. The van der Waals surface area contributed by atoms with Gasteiger partial charge in [0.1, 0.15) is 17.6 Å². The number of nitrogens with zero attached hydrogens (tertiary/aromatic N) is 1. The number of nitriles is 1. The number of halogens is 1. The Bertz CT molecular complexity index is 603. The van der Waals surface area contributed by atoms with Gasteiger partial charge in [0.05, 0.1) is 10.6 Å². The first-order chi connectivity index (χ1) is 9.22. The molecule has 19 heavy (non-hydrogen) atoms. The number of rotatable bonds is 4. The molecule has 0 saturated carbocycles. The van der Waals surface area contributed by atoms with Crippen LogP contribution in [0.2, 0.25) is 5.02 Å². The van der Waals surface area contributed by atoms with E-state index in [1.54, 1.807) is 18.2 Å². The second-order valence-electron chi connectivity index (χ2n) is 3.97. The molecule has 0 fully saturated rings. The predicted molar refractivity (Wildman–Crippen MR) is 73.5 cm³/mol. The van der Waals surface area contributed by atoms with E-state index >= 15 is 0 Å². The maximum absolute atomic E-state index is 8.83. The molecule has 0 radical (unpaired) electrons. The monoisotopic (exact) mass is 273 g/mol. The smallest absolute Gasteiger partial charge is 0.129 e. The van der Waals surface area contributed by atoms with E-state index < -0.39 is 0 Å². The lowest BCUT2D eigenvalue weighted by Gasteiger charge is -2.07. The Kier molecular flexibility index (Phi) is 4.40. The van der Waals surface area contributed by atoms with E-state index in [2.05, 4.69) is 0 Å². The lowest BCUT2D eigenvalue weighted by Crippen LogP contribution is -1.90. The van der Waals surface area contributed by atoms with E-state index in [-0.39, 0.29) is 6.61 Å². The van der Waals surface area contributed by atoms with Crippen LogP contribution in [0.1, 0.15) is 11.1 Å². The number of hydrogen-bond donors (Lipinski definition) is 1. The summed E-state index contributed by atoms with van der Waals surface area (Å²) in [5, 5.41) is 18.0. The fourth-order valence-corrected chi connectivity index (χ4v) is 1.85. The van der Waals surface area contributed by atoms with Gasteiger partial charge in [-0.25, -0.2) is 0 Å². The second kappa shape index (κ2) is 6.24. The van der Waals surface area contributed by atoms with Crippen molar-refractivity contribution >= 4 is 11.6 Å². The average Bonchev–Trinajstić information content (AvgIpc) is 2.42. The van der Waals surface area contributed by atoms with Gasteiger partial charge < -0.3 is 9.84 Å². The summed E-state index contributed by atoms with van der Waals surface area (Å²) in [7, 11) is 0. The van der Waals surface area contributed by atoms with Crippen LogP contribution < -0.4 is 4.74 Å². The fourth-order valence-electron chi connectivity index (χ4n) is 1.64. The third-order valence-electron chi connectivity index (χ3n) is 2.62. The number of benzene rings is 2. The first-order valence-electron chi connectivity index (χ1n) is 5.80. The molecule has 0 aliphatic heterocycles. The zero-order valence-corrected chi connectivity index (χ0v) is 10.9. The van der Waals surface area contributed by atoms with Gasteiger partial charge in [-0.3, -0.25) is 0 Å². The van der Waals surface area contributed by atoms with Crippen molar-refractivity contribution in [3.8, 4) is 17.6 Å². The Morgan fingerprint density at radius 1 is 1.11 bits per heavy atom. The van der Waals surface area contributed by atoms with Crippen molar-refractivity contribution in [2.45, 2.75) is 6.42 Å². The van der Waals surface area contributed by atoms with E-state index in [0.29, 0.717) is 28.5 Å². The van der Waals surface area contributed by atoms with Crippen molar-refractivity contribution in [2.75, 3.05) is 6.61 Å². The van der Waals surface area contributed by atoms with Crippen LogP contribution in [0.25, 0.3) is 0 Å². The first kappa shape index (κ1) is 13.4. The van der Waals surface area contributed by atoms with Crippen LogP contribution in [0.15, 0.2) is 42.5 Å². The summed E-state index contributed by atoms with van der Waals surface area (Å²) in [5.41, 5.74) is 1.47. The van der Waals surface area contributed by atoms with Gasteiger partial charge in [-0.15, -0.1) is 0 Å². The molecule has 0 amide bonds. The molecule has 1 N–H and O–H groups in total. The van der Waals surface area contributed by atoms with E-state index in [0.717, 1.165) is 5.56 Å². The number of hydrogen-bond acceptors (Lipinski definition) is 3. The number of aliphatic hydroxyl groups excluding tert-OH is 1. The largest absolute Gasteiger partial charge is 0.457 e. The molecule has 4 heteroatoms. The van der Waals surface area contributed by atoms with Crippen LogP contribution in [0, 0.1) is 11.3 Å². The Morgan fingerprint density at radius 3 is 2.37 bits per heavy atom. The molecular weight excluding hydrogens is 262 g/mol. The Morgan fingerprint density at radius 2 is 1.79 bits per heavy atom. The van der Waals surface area contributed by atoms with Crippen molar-refractivity contribution in [2.24, 2.45) is 0 Å². The van der Waals surface area contributed by atoms with Gasteiger partial charge in [-0.1, -0.05) is 23.7 Å². The summed E-state index contributed by atoms with van der Waals surface area (Å²) in [6, 6.07) is 14.4. The molecule has 96 valence electrons. The normalized spacial score (nSPS) is 9.95. The minimum Gasteiger partial charge on any atom is -0.457 e. The van der Waals surface area contributed by atoms with Crippen molar-refractivity contribution < 1.29 is 9.84 Å². The maximum atomic E-state index is 8.83. The molecule has 0 aliphatic carbocycles. The molecule has 2 aromatic rings. The van der Waals surface area contributed by atoms with Crippen molar-refractivity contribution in [3.63, 3.8) is 0 Å². The molecule has 0 aliphatic rings. The van der Waals surface area contributed by atoms with Crippen molar-refractivity contribution in [3.05, 3.63) is 58.6 Å². The van der Waals surface area contributed by atoms with Crippen LogP contribution in [-0.4, -0.2) is 11.7 Å². The lowest BCUT2D eigenvalue weighted by atomic mass is 10.1. The van der Waals surface area contributed by atoms with Crippen molar-refractivity contribution in [1.82, 2.24) is 0 Å². The minimum absolute atomic E-state index is 0.130. The first-order valence-corrected chi connectivity index (χ1v) is 6.18. The van der Waals surface area contributed by atoms with Gasteiger partial charge in [0.25, 0.3) is 0 Å². The molecule has 0 bridgehead atoms. The van der Waals surface area contributed by atoms with Gasteiger partial charge in [-0.05, 0) is 36.2 Å². The molecule has 0 spiro atoms. The molecule has 0 atom stereocenters. The van der Waals surface area contributed by atoms with Gasteiger partial charge in [0.2, 0.25) is 0 Å². The van der Waals surface area contributed by atoms with Gasteiger partial charge in [0, 0.05) is 12.7 Å². The van der Waals surface area contributed by atoms with Crippen LogP contribution in [0.3, 0.4) is 0 Å². The van der Waals surface area contributed by atoms with E-state index in [4.69, 9.17) is 26.7 Å². The quantitative estimate of drug-likeness (QED) is 0.927. The minimum atomic E-state index is 0.130. The zero-order chi connectivity index (χ0) is 13.7. The average molecular weight is 274 g/mol. The van der Waals surface area contributed by atoms with Crippen LogP contribution in [-0.2, 0) is 6.42 Å². The molecule has 0 heterocycles.